The fourth-order valence-electron chi connectivity index (χ4n) is 4.33. The van der Waals surface area contributed by atoms with E-state index in [1.54, 1.807) is 18.5 Å². The van der Waals surface area contributed by atoms with Gasteiger partial charge in [-0.25, -0.2) is 0 Å². The Balaban J connectivity index is 1.52. The Morgan fingerprint density at radius 3 is 2.70 bits per heavy atom. The van der Waals surface area contributed by atoms with Crippen LogP contribution in [0.15, 0.2) is 30.6 Å². The monoisotopic (exact) mass is 367 g/mol. The highest BCUT2D eigenvalue weighted by atomic mass is 16.2. The van der Waals surface area contributed by atoms with Gasteiger partial charge in [-0.1, -0.05) is 0 Å². The Hall–Kier alpha value is -2.90. The van der Waals surface area contributed by atoms with Gasteiger partial charge < -0.3 is 21.3 Å². The number of carbonyl (C=O) groups excluding carboxylic acids is 1. The van der Waals surface area contributed by atoms with Crippen LogP contribution in [0.2, 0.25) is 0 Å². The third-order valence-corrected chi connectivity index (χ3v) is 5.61. The Morgan fingerprint density at radius 2 is 1.93 bits per heavy atom. The van der Waals surface area contributed by atoms with E-state index in [0.717, 1.165) is 50.3 Å². The lowest BCUT2D eigenvalue weighted by Gasteiger charge is -2.48. The van der Waals surface area contributed by atoms with E-state index < -0.39 is 0 Å². The molecule has 2 aliphatic rings. The summed E-state index contributed by atoms with van der Waals surface area (Å²) >= 11 is 0. The third-order valence-electron chi connectivity index (χ3n) is 5.61. The summed E-state index contributed by atoms with van der Waals surface area (Å²) in [6.45, 7) is 3.16. The molecule has 2 fully saturated rings. The second-order valence-corrected chi connectivity index (χ2v) is 7.64. The molecule has 1 amide bonds. The average molecular weight is 367 g/mol. The second-order valence-electron chi connectivity index (χ2n) is 7.64. The maximum atomic E-state index is 12.5. The van der Waals surface area contributed by atoms with Crippen LogP contribution in [0.4, 0.5) is 17.6 Å². The number of piperidine rings is 2. The van der Waals surface area contributed by atoms with Crippen molar-refractivity contribution in [2.45, 2.75) is 32.2 Å². The fraction of sp³-hybridized carbons (Fsp3) is 0.474. The lowest BCUT2D eigenvalue weighted by molar-refractivity contribution is -0.138. The van der Waals surface area contributed by atoms with Crippen molar-refractivity contribution >= 4 is 23.5 Å². The molecule has 8 nitrogen and oxygen atoms in total. The van der Waals surface area contributed by atoms with Crippen LogP contribution in [0.3, 0.4) is 0 Å². The van der Waals surface area contributed by atoms with E-state index in [-0.39, 0.29) is 17.3 Å². The fourth-order valence-corrected chi connectivity index (χ4v) is 4.33. The molecule has 8 heteroatoms. The van der Waals surface area contributed by atoms with Crippen LogP contribution in [0, 0.1) is 5.41 Å². The van der Waals surface area contributed by atoms with Gasteiger partial charge in [-0.3, -0.25) is 9.78 Å². The van der Waals surface area contributed by atoms with Gasteiger partial charge in [-0.15, -0.1) is 0 Å². The lowest BCUT2D eigenvalue weighted by Crippen LogP contribution is -2.54. The summed E-state index contributed by atoms with van der Waals surface area (Å²) in [4.78, 5) is 29.1. The highest BCUT2D eigenvalue weighted by Gasteiger charge is 2.42. The Kier molecular flexibility index (Phi) is 4.55. The minimum absolute atomic E-state index is 0.0770. The van der Waals surface area contributed by atoms with Gasteiger partial charge in [-0.05, 0) is 37.0 Å². The van der Waals surface area contributed by atoms with Crippen molar-refractivity contribution in [3.63, 3.8) is 0 Å². The number of nitrogens with two attached hydrogens (primary N) is 2. The van der Waals surface area contributed by atoms with Crippen molar-refractivity contribution in [2.75, 3.05) is 36.0 Å². The molecule has 2 aromatic rings. The van der Waals surface area contributed by atoms with E-state index in [4.69, 9.17) is 11.5 Å². The Bertz CT molecular complexity index is 808. The first kappa shape index (κ1) is 17.5. The number of aromatic nitrogens is 3. The van der Waals surface area contributed by atoms with Gasteiger partial charge in [0.2, 0.25) is 11.9 Å². The molecule has 1 spiro atoms. The summed E-state index contributed by atoms with van der Waals surface area (Å²) in [5, 5.41) is 0. The van der Waals surface area contributed by atoms with Crippen LogP contribution in [-0.4, -0.2) is 45.4 Å². The van der Waals surface area contributed by atoms with Gasteiger partial charge >= 0.3 is 0 Å². The summed E-state index contributed by atoms with van der Waals surface area (Å²) in [6, 6.07) is 5.71. The standard InChI is InChI=1S/C19H25N7O/c20-15-10-16(24-18(21)23-15)25-9-1-5-19(12-25)6-2-17(27)26(13-19)11-14-3-7-22-8-4-14/h3-4,7-8,10H,1-2,5-6,9,11-13H2,(H4,20,21,23,24). The summed E-state index contributed by atoms with van der Waals surface area (Å²) in [5.74, 6) is 1.58. The van der Waals surface area contributed by atoms with Crippen molar-refractivity contribution < 1.29 is 4.79 Å². The van der Waals surface area contributed by atoms with Gasteiger partial charge in [0.25, 0.3) is 0 Å². The first-order valence-corrected chi connectivity index (χ1v) is 9.35. The van der Waals surface area contributed by atoms with Crippen LogP contribution in [0.5, 0.6) is 0 Å². The first-order valence-electron chi connectivity index (χ1n) is 9.35. The maximum Gasteiger partial charge on any atom is 0.223 e. The maximum absolute atomic E-state index is 12.5. The van der Waals surface area contributed by atoms with E-state index >= 15 is 0 Å². The summed E-state index contributed by atoms with van der Waals surface area (Å²) in [7, 11) is 0. The predicted molar refractivity (Wildman–Crippen MR) is 104 cm³/mol. The van der Waals surface area contributed by atoms with E-state index in [1.807, 2.05) is 17.0 Å². The topological polar surface area (TPSA) is 114 Å². The third kappa shape index (κ3) is 3.79. The number of nitrogen functional groups attached to an aromatic ring is 2. The minimum Gasteiger partial charge on any atom is -0.383 e. The quantitative estimate of drug-likeness (QED) is 0.843. The number of likely N-dealkylation sites (tertiary alicyclic amines) is 1. The van der Waals surface area contributed by atoms with Crippen LogP contribution in [0.25, 0.3) is 0 Å². The summed E-state index contributed by atoms with van der Waals surface area (Å²) in [6.07, 6.45) is 7.20. The smallest absolute Gasteiger partial charge is 0.223 e. The van der Waals surface area contributed by atoms with Crippen LogP contribution < -0.4 is 16.4 Å². The number of hydrogen-bond acceptors (Lipinski definition) is 7. The molecule has 4 N–H and O–H groups in total. The number of anilines is 3. The minimum atomic E-state index is 0.0770. The van der Waals surface area contributed by atoms with Crippen molar-refractivity contribution in [1.29, 1.82) is 0 Å². The molecule has 1 unspecified atom stereocenters. The van der Waals surface area contributed by atoms with Gasteiger partial charge in [-0.2, -0.15) is 9.97 Å². The molecular weight excluding hydrogens is 342 g/mol. The number of pyridine rings is 1. The molecule has 0 aromatic carbocycles. The van der Waals surface area contributed by atoms with E-state index in [2.05, 4.69) is 19.9 Å². The molecule has 142 valence electrons. The zero-order chi connectivity index (χ0) is 18.9. The number of amides is 1. The zero-order valence-corrected chi connectivity index (χ0v) is 15.3. The van der Waals surface area contributed by atoms with E-state index in [1.165, 1.54) is 0 Å². The second kappa shape index (κ2) is 7.02. The molecule has 4 heterocycles. The molecule has 2 aliphatic heterocycles. The zero-order valence-electron chi connectivity index (χ0n) is 15.3. The SMILES string of the molecule is Nc1cc(N2CCCC3(CCC(=O)N(Cc4ccncc4)C3)C2)nc(N)n1. The van der Waals surface area contributed by atoms with Crippen LogP contribution in [0.1, 0.15) is 31.2 Å². The lowest BCUT2D eigenvalue weighted by atomic mass is 9.73. The highest BCUT2D eigenvalue weighted by molar-refractivity contribution is 5.77. The van der Waals surface area contributed by atoms with Crippen molar-refractivity contribution in [3.8, 4) is 0 Å². The average Bonchev–Trinajstić information content (AvgIpc) is 2.65. The van der Waals surface area contributed by atoms with Crippen molar-refractivity contribution in [1.82, 2.24) is 19.9 Å². The van der Waals surface area contributed by atoms with E-state index in [9.17, 15) is 4.79 Å². The molecule has 0 radical (unpaired) electrons. The molecule has 4 rings (SSSR count). The molecular formula is C19H25N7O. The van der Waals surface area contributed by atoms with Crippen molar-refractivity contribution in [3.05, 3.63) is 36.2 Å². The van der Waals surface area contributed by atoms with Crippen molar-refractivity contribution in [2.24, 2.45) is 5.41 Å². The number of nitrogens with zero attached hydrogens (tertiary/aromatic N) is 5. The first-order chi connectivity index (χ1) is 13.0. The summed E-state index contributed by atoms with van der Waals surface area (Å²) in [5.41, 5.74) is 12.8. The van der Waals surface area contributed by atoms with Gasteiger partial charge in [0.05, 0.1) is 0 Å². The number of hydrogen-bond donors (Lipinski definition) is 2. The molecule has 0 aliphatic carbocycles. The molecule has 2 aromatic heterocycles. The number of rotatable bonds is 3. The largest absolute Gasteiger partial charge is 0.383 e. The summed E-state index contributed by atoms with van der Waals surface area (Å²) < 4.78 is 0. The molecule has 2 saturated heterocycles. The Morgan fingerprint density at radius 1 is 1.11 bits per heavy atom. The van der Waals surface area contributed by atoms with Crippen LogP contribution in [-0.2, 0) is 11.3 Å². The molecule has 1 atom stereocenters. The Labute approximate surface area is 158 Å². The molecule has 27 heavy (non-hydrogen) atoms. The van der Waals surface area contributed by atoms with Gasteiger partial charge in [0, 0.05) is 56.5 Å². The van der Waals surface area contributed by atoms with Crippen LogP contribution >= 0.6 is 0 Å². The van der Waals surface area contributed by atoms with E-state index in [0.29, 0.717) is 18.8 Å². The molecule has 0 bridgehead atoms. The number of carbonyl (C=O) groups is 1. The normalized spacial score (nSPS) is 23.0. The molecule has 0 saturated carbocycles. The van der Waals surface area contributed by atoms with Gasteiger partial charge in [0.15, 0.2) is 0 Å². The van der Waals surface area contributed by atoms with Gasteiger partial charge in [0.1, 0.15) is 11.6 Å². The highest BCUT2D eigenvalue weighted by Crippen LogP contribution is 2.40. The predicted octanol–water partition coefficient (Wildman–Crippen LogP) is 1.45.